The standard InChI is InChI=1S/C22H29N3O2/c1-13-9-6-7-11-17(13)23-19-14(2)15(3)20(19)24-18-12-8-10-16(21(18)26)22(27)25(4)5/h8,10,12-13,17,26H,6-7,9,11H2,1-5H3. The maximum Gasteiger partial charge on any atom is 0.257 e. The molecule has 1 aliphatic carbocycles. The molecule has 27 heavy (non-hydrogen) atoms. The first kappa shape index (κ1) is 19.3. The maximum atomic E-state index is 12.3. The average molecular weight is 367 g/mol. The van der Waals surface area contributed by atoms with E-state index >= 15 is 0 Å². The lowest BCUT2D eigenvalue weighted by Crippen LogP contribution is -2.41. The highest BCUT2D eigenvalue weighted by Gasteiger charge is 2.22. The highest BCUT2D eigenvalue weighted by Crippen LogP contribution is 2.30. The second-order valence-electron chi connectivity index (χ2n) is 7.89. The van der Waals surface area contributed by atoms with Gasteiger partial charge in [0.25, 0.3) is 5.91 Å². The average Bonchev–Trinajstić information content (AvgIpc) is 2.66. The fraction of sp³-hybridized carbons (Fsp3) is 0.500. The van der Waals surface area contributed by atoms with Crippen LogP contribution in [0.15, 0.2) is 28.2 Å². The summed E-state index contributed by atoms with van der Waals surface area (Å²) in [7, 11) is 3.33. The Morgan fingerprint density at radius 1 is 1.11 bits per heavy atom. The van der Waals surface area contributed by atoms with E-state index in [0.29, 0.717) is 17.6 Å². The molecular weight excluding hydrogens is 338 g/mol. The van der Waals surface area contributed by atoms with Crippen molar-refractivity contribution < 1.29 is 9.90 Å². The normalized spacial score (nSPS) is 21.7. The molecule has 1 amide bonds. The summed E-state index contributed by atoms with van der Waals surface area (Å²) >= 11 is 0. The molecule has 0 saturated heterocycles. The van der Waals surface area contributed by atoms with E-state index in [1.165, 1.54) is 29.7 Å². The van der Waals surface area contributed by atoms with Crippen molar-refractivity contribution in [2.45, 2.75) is 52.5 Å². The van der Waals surface area contributed by atoms with Crippen LogP contribution in [0.4, 0.5) is 5.69 Å². The van der Waals surface area contributed by atoms with Gasteiger partial charge in [0.1, 0.15) is 5.69 Å². The van der Waals surface area contributed by atoms with Gasteiger partial charge < -0.3 is 10.0 Å². The minimum absolute atomic E-state index is 0.0774. The summed E-state index contributed by atoms with van der Waals surface area (Å²) in [5, 5.41) is 12.4. The van der Waals surface area contributed by atoms with E-state index in [-0.39, 0.29) is 17.2 Å². The molecule has 0 aliphatic heterocycles. The fourth-order valence-corrected chi connectivity index (χ4v) is 3.75. The quantitative estimate of drug-likeness (QED) is 0.905. The summed E-state index contributed by atoms with van der Waals surface area (Å²) in [5.41, 5.74) is 2.94. The van der Waals surface area contributed by atoms with Crippen LogP contribution in [0.2, 0.25) is 0 Å². The molecule has 0 heterocycles. The third-order valence-electron chi connectivity index (χ3n) is 5.74. The second-order valence-corrected chi connectivity index (χ2v) is 7.89. The van der Waals surface area contributed by atoms with E-state index in [1.807, 2.05) is 6.92 Å². The van der Waals surface area contributed by atoms with Gasteiger partial charge in [-0.15, -0.1) is 0 Å². The Labute approximate surface area is 160 Å². The first-order valence-corrected chi connectivity index (χ1v) is 9.70. The molecule has 3 rings (SSSR count). The molecular formula is C22H29N3O2. The van der Waals surface area contributed by atoms with Crippen LogP contribution < -0.4 is 10.7 Å². The van der Waals surface area contributed by atoms with Gasteiger partial charge in [0, 0.05) is 14.1 Å². The van der Waals surface area contributed by atoms with E-state index in [0.717, 1.165) is 22.7 Å². The highest BCUT2D eigenvalue weighted by atomic mass is 16.3. The van der Waals surface area contributed by atoms with Crippen LogP contribution in [0, 0.1) is 19.8 Å². The number of phenols is 1. The van der Waals surface area contributed by atoms with E-state index < -0.39 is 0 Å². The third kappa shape index (κ3) is 3.68. The minimum atomic E-state index is -0.239. The molecule has 5 nitrogen and oxygen atoms in total. The molecule has 2 unspecified atom stereocenters. The van der Waals surface area contributed by atoms with Crippen molar-refractivity contribution >= 4 is 11.6 Å². The van der Waals surface area contributed by atoms with Crippen molar-refractivity contribution in [2.75, 3.05) is 14.1 Å². The van der Waals surface area contributed by atoms with Crippen molar-refractivity contribution in [2.24, 2.45) is 15.9 Å². The molecule has 144 valence electrons. The SMILES string of the molecule is Cc1c(C)c(=NC2CCCCC2C)c1=Nc1cccc(C(=O)N(C)C)c1O. The first-order valence-electron chi connectivity index (χ1n) is 9.70. The van der Waals surface area contributed by atoms with Gasteiger partial charge in [-0.05, 0) is 55.9 Å². The summed E-state index contributed by atoms with van der Waals surface area (Å²) in [6.07, 6.45) is 4.88. The number of hydrogen-bond donors (Lipinski definition) is 1. The largest absolute Gasteiger partial charge is 0.505 e. The molecule has 2 aromatic carbocycles. The molecule has 0 spiro atoms. The minimum Gasteiger partial charge on any atom is -0.505 e. The summed E-state index contributed by atoms with van der Waals surface area (Å²) in [6, 6.07) is 5.45. The fourth-order valence-electron chi connectivity index (χ4n) is 3.75. The number of amides is 1. The van der Waals surface area contributed by atoms with Crippen molar-refractivity contribution in [1.29, 1.82) is 0 Å². The smallest absolute Gasteiger partial charge is 0.257 e. The van der Waals surface area contributed by atoms with Crippen LogP contribution in [0.1, 0.15) is 54.1 Å². The number of rotatable bonds is 3. The Morgan fingerprint density at radius 3 is 2.44 bits per heavy atom. The number of carbonyl (C=O) groups excluding carboxylic acids is 1. The lowest BCUT2D eigenvalue weighted by atomic mass is 9.86. The predicted octanol–water partition coefficient (Wildman–Crippen LogP) is 3.30. The van der Waals surface area contributed by atoms with Gasteiger partial charge in [-0.1, -0.05) is 25.8 Å². The van der Waals surface area contributed by atoms with Crippen LogP contribution in [-0.4, -0.2) is 36.1 Å². The van der Waals surface area contributed by atoms with Gasteiger partial charge >= 0.3 is 0 Å². The highest BCUT2D eigenvalue weighted by molar-refractivity contribution is 5.98. The zero-order chi connectivity index (χ0) is 19.7. The molecule has 1 saturated carbocycles. The predicted molar refractivity (Wildman–Crippen MR) is 107 cm³/mol. The van der Waals surface area contributed by atoms with Gasteiger partial charge in [0.2, 0.25) is 0 Å². The zero-order valence-corrected chi connectivity index (χ0v) is 16.9. The summed E-state index contributed by atoms with van der Waals surface area (Å²) in [4.78, 5) is 23.4. The number of nitrogens with zero attached hydrogens (tertiary/aromatic N) is 3. The van der Waals surface area contributed by atoms with Crippen LogP contribution in [0.25, 0.3) is 0 Å². The van der Waals surface area contributed by atoms with Gasteiger partial charge in [-0.3, -0.25) is 9.79 Å². The Hall–Kier alpha value is -2.43. The molecule has 0 radical (unpaired) electrons. The Kier molecular flexibility index (Phi) is 5.49. The van der Waals surface area contributed by atoms with Crippen molar-refractivity contribution in [3.8, 4) is 5.75 Å². The Morgan fingerprint density at radius 2 is 1.78 bits per heavy atom. The maximum absolute atomic E-state index is 12.3. The van der Waals surface area contributed by atoms with Crippen molar-refractivity contribution in [1.82, 2.24) is 4.90 Å². The van der Waals surface area contributed by atoms with Crippen LogP contribution in [-0.2, 0) is 0 Å². The van der Waals surface area contributed by atoms with Crippen LogP contribution in [0.3, 0.4) is 0 Å². The van der Waals surface area contributed by atoms with Gasteiger partial charge in [0.15, 0.2) is 5.75 Å². The lowest BCUT2D eigenvalue weighted by Gasteiger charge is -2.26. The summed E-state index contributed by atoms with van der Waals surface area (Å²) in [5.74, 6) is 0.276. The molecule has 1 aliphatic rings. The third-order valence-corrected chi connectivity index (χ3v) is 5.74. The number of benzene rings is 1. The van der Waals surface area contributed by atoms with E-state index in [9.17, 15) is 9.90 Å². The number of hydrogen-bond acceptors (Lipinski definition) is 4. The van der Waals surface area contributed by atoms with Crippen molar-refractivity contribution in [3.05, 3.63) is 45.6 Å². The lowest BCUT2D eigenvalue weighted by molar-refractivity contribution is 0.0824. The van der Waals surface area contributed by atoms with Gasteiger partial charge in [0.05, 0.1) is 22.3 Å². The molecule has 2 atom stereocenters. The van der Waals surface area contributed by atoms with Crippen LogP contribution >= 0.6 is 0 Å². The monoisotopic (exact) mass is 367 g/mol. The molecule has 1 fully saturated rings. The van der Waals surface area contributed by atoms with Crippen LogP contribution in [0.5, 0.6) is 5.75 Å². The number of aromatic hydroxyl groups is 1. The first-order chi connectivity index (χ1) is 12.8. The molecule has 0 aromatic heterocycles. The van der Waals surface area contributed by atoms with Crippen molar-refractivity contribution in [3.63, 3.8) is 0 Å². The summed E-state index contributed by atoms with van der Waals surface area (Å²) in [6.45, 7) is 6.38. The molecule has 0 bridgehead atoms. The topological polar surface area (TPSA) is 65.3 Å². The molecule has 2 aromatic rings. The van der Waals surface area contributed by atoms with E-state index in [2.05, 4.69) is 18.8 Å². The number of carbonyl (C=O) groups is 1. The van der Waals surface area contributed by atoms with Gasteiger partial charge in [-0.2, -0.15) is 0 Å². The second kappa shape index (κ2) is 7.67. The molecule has 1 N–H and O–H groups in total. The van der Waals surface area contributed by atoms with E-state index in [1.54, 1.807) is 32.3 Å². The zero-order valence-electron chi connectivity index (χ0n) is 16.9. The number of para-hydroxylation sites is 1. The Balaban J connectivity index is 2.06. The Bertz CT molecular complexity index is 949. The van der Waals surface area contributed by atoms with E-state index in [4.69, 9.17) is 4.99 Å². The summed E-state index contributed by atoms with van der Waals surface area (Å²) < 4.78 is 0. The van der Waals surface area contributed by atoms with Gasteiger partial charge in [-0.25, -0.2) is 4.99 Å². The molecule has 5 heteroatoms. The number of phenolic OH excluding ortho intramolecular Hbond substituents is 1.